The molecule has 0 rings (SSSR count). The van der Waals surface area contributed by atoms with Gasteiger partial charge in [-0.25, -0.2) is 0 Å². The fourth-order valence-corrected chi connectivity index (χ4v) is 1.98. The number of amides is 1. The quantitative estimate of drug-likeness (QED) is 0.537. The van der Waals surface area contributed by atoms with Crippen LogP contribution in [0.25, 0.3) is 0 Å². The van der Waals surface area contributed by atoms with Gasteiger partial charge in [-0.3, -0.25) is 9.59 Å². The van der Waals surface area contributed by atoms with Crippen LogP contribution in [-0.4, -0.2) is 23.5 Å². The first-order valence-electron chi connectivity index (χ1n) is 7.96. The molecule has 20 heavy (non-hydrogen) atoms. The Bertz CT molecular complexity index is 291. The third-order valence-corrected chi connectivity index (χ3v) is 3.98. The topological polar surface area (TPSA) is 66.4 Å². The molecule has 0 aliphatic heterocycles. The van der Waals surface area contributed by atoms with Gasteiger partial charge in [-0.2, -0.15) is 0 Å². The van der Waals surface area contributed by atoms with Gasteiger partial charge in [0.05, 0.1) is 5.41 Å². The molecule has 0 aromatic rings. The number of carbonyl (C=O) groups excluding carboxylic acids is 1. The highest BCUT2D eigenvalue weighted by Gasteiger charge is 2.31. The van der Waals surface area contributed by atoms with Crippen LogP contribution in [0.4, 0.5) is 0 Å². The predicted molar refractivity (Wildman–Crippen MR) is 81.7 cm³/mol. The molecule has 2 N–H and O–H groups in total. The average Bonchev–Trinajstić information content (AvgIpc) is 2.43. The van der Waals surface area contributed by atoms with Crippen LogP contribution in [0.1, 0.15) is 78.6 Å². The Morgan fingerprint density at radius 2 is 1.55 bits per heavy atom. The maximum atomic E-state index is 11.7. The number of hydrogen-bond acceptors (Lipinski definition) is 2. The first-order valence-corrected chi connectivity index (χ1v) is 7.96. The molecule has 1 amide bonds. The van der Waals surface area contributed by atoms with E-state index >= 15 is 0 Å². The Morgan fingerprint density at radius 1 is 1.00 bits per heavy atom. The minimum absolute atomic E-state index is 0.0283. The highest BCUT2D eigenvalue weighted by Crippen LogP contribution is 2.20. The minimum Gasteiger partial charge on any atom is -0.481 e. The third-order valence-electron chi connectivity index (χ3n) is 3.98. The molecule has 0 fully saturated rings. The Labute approximate surface area is 123 Å². The van der Waals surface area contributed by atoms with Crippen LogP contribution < -0.4 is 5.32 Å². The smallest absolute Gasteiger partial charge is 0.311 e. The zero-order valence-corrected chi connectivity index (χ0v) is 13.3. The highest BCUT2D eigenvalue weighted by atomic mass is 16.4. The number of carboxylic acid groups (broad SMARTS) is 1. The zero-order chi connectivity index (χ0) is 15.4. The molecular weight excluding hydrogens is 254 g/mol. The van der Waals surface area contributed by atoms with Crippen LogP contribution in [0.15, 0.2) is 0 Å². The van der Waals surface area contributed by atoms with Gasteiger partial charge in [0.15, 0.2) is 0 Å². The summed E-state index contributed by atoms with van der Waals surface area (Å²) in [6, 6.07) is 0. The van der Waals surface area contributed by atoms with E-state index in [1.165, 1.54) is 32.1 Å². The molecule has 0 aromatic heterocycles. The lowest BCUT2D eigenvalue weighted by atomic mass is 9.87. The molecule has 1 atom stereocenters. The third kappa shape index (κ3) is 8.18. The monoisotopic (exact) mass is 285 g/mol. The molecule has 0 saturated carbocycles. The van der Waals surface area contributed by atoms with Crippen molar-refractivity contribution >= 4 is 11.9 Å². The second-order valence-corrected chi connectivity index (χ2v) is 5.87. The number of nitrogens with one attached hydrogen (secondary N) is 1. The van der Waals surface area contributed by atoms with E-state index in [9.17, 15) is 9.59 Å². The molecule has 4 nitrogen and oxygen atoms in total. The van der Waals surface area contributed by atoms with E-state index in [0.29, 0.717) is 12.8 Å². The van der Waals surface area contributed by atoms with Gasteiger partial charge in [0.2, 0.25) is 5.91 Å². The van der Waals surface area contributed by atoms with Crippen LogP contribution in [0.3, 0.4) is 0 Å². The van der Waals surface area contributed by atoms with Crippen molar-refractivity contribution in [1.29, 1.82) is 0 Å². The van der Waals surface area contributed by atoms with Crippen molar-refractivity contribution in [2.24, 2.45) is 5.41 Å². The Kier molecular flexibility index (Phi) is 10.1. The van der Waals surface area contributed by atoms with Crippen LogP contribution in [0.5, 0.6) is 0 Å². The van der Waals surface area contributed by atoms with Crippen molar-refractivity contribution < 1.29 is 14.7 Å². The average molecular weight is 285 g/mol. The minimum atomic E-state index is -0.851. The summed E-state index contributed by atoms with van der Waals surface area (Å²) in [5.74, 6) is -0.879. The molecule has 0 aliphatic carbocycles. The molecule has 0 bridgehead atoms. The van der Waals surface area contributed by atoms with E-state index in [4.69, 9.17) is 5.11 Å². The van der Waals surface area contributed by atoms with E-state index in [-0.39, 0.29) is 12.5 Å². The molecule has 0 aliphatic rings. The van der Waals surface area contributed by atoms with Crippen molar-refractivity contribution in [3.63, 3.8) is 0 Å². The summed E-state index contributed by atoms with van der Waals surface area (Å²) < 4.78 is 0. The van der Waals surface area contributed by atoms with E-state index in [1.54, 1.807) is 6.92 Å². The second kappa shape index (κ2) is 10.7. The van der Waals surface area contributed by atoms with Crippen molar-refractivity contribution in [2.45, 2.75) is 78.6 Å². The van der Waals surface area contributed by atoms with Crippen LogP contribution in [0.2, 0.25) is 0 Å². The molecule has 0 aromatic carbocycles. The van der Waals surface area contributed by atoms with Crippen molar-refractivity contribution in [3.8, 4) is 0 Å². The molecular formula is C16H31NO3. The van der Waals surface area contributed by atoms with Gasteiger partial charge in [-0.15, -0.1) is 0 Å². The number of rotatable bonds is 12. The molecule has 118 valence electrons. The van der Waals surface area contributed by atoms with E-state index in [2.05, 4.69) is 12.2 Å². The maximum absolute atomic E-state index is 11.7. The SMILES string of the molecule is CCCCCCCCCC(=O)NCC(C)(CC)C(=O)O. The summed E-state index contributed by atoms with van der Waals surface area (Å²) in [5, 5.41) is 11.9. The summed E-state index contributed by atoms with van der Waals surface area (Å²) in [5.41, 5.74) is -0.851. The van der Waals surface area contributed by atoms with Gasteiger partial charge >= 0.3 is 5.97 Å². The number of carbonyl (C=O) groups is 2. The summed E-state index contributed by atoms with van der Waals surface area (Å²) >= 11 is 0. The van der Waals surface area contributed by atoms with Gasteiger partial charge in [-0.05, 0) is 19.8 Å². The Balaban J connectivity index is 3.66. The van der Waals surface area contributed by atoms with Crippen molar-refractivity contribution in [2.75, 3.05) is 6.54 Å². The molecule has 1 unspecified atom stereocenters. The van der Waals surface area contributed by atoms with Crippen molar-refractivity contribution in [1.82, 2.24) is 5.32 Å². The van der Waals surface area contributed by atoms with Crippen LogP contribution in [-0.2, 0) is 9.59 Å². The molecule has 4 heteroatoms. The molecule has 0 spiro atoms. The lowest BCUT2D eigenvalue weighted by Gasteiger charge is -2.23. The van der Waals surface area contributed by atoms with E-state index in [0.717, 1.165) is 12.8 Å². The largest absolute Gasteiger partial charge is 0.481 e. The number of carboxylic acids is 1. The van der Waals surface area contributed by atoms with E-state index < -0.39 is 11.4 Å². The summed E-state index contributed by atoms with van der Waals surface area (Å²) in [6.45, 7) is 5.92. The predicted octanol–water partition coefficient (Wildman–Crippen LogP) is 3.74. The number of unbranched alkanes of at least 4 members (excludes halogenated alkanes) is 6. The van der Waals surface area contributed by atoms with Crippen molar-refractivity contribution in [3.05, 3.63) is 0 Å². The molecule has 0 radical (unpaired) electrons. The van der Waals surface area contributed by atoms with Crippen LogP contribution >= 0.6 is 0 Å². The number of aliphatic carboxylic acids is 1. The fourth-order valence-electron chi connectivity index (χ4n) is 1.98. The molecule has 0 heterocycles. The zero-order valence-electron chi connectivity index (χ0n) is 13.3. The second-order valence-electron chi connectivity index (χ2n) is 5.87. The maximum Gasteiger partial charge on any atom is 0.311 e. The van der Waals surface area contributed by atoms with Crippen LogP contribution in [0, 0.1) is 5.41 Å². The molecule has 0 saturated heterocycles. The normalized spacial score (nSPS) is 13.8. The first-order chi connectivity index (χ1) is 9.46. The summed E-state index contributed by atoms with van der Waals surface area (Å²) in [4.78, 5) is 22.8. The summed E-state index contributed by atoms with van der Waals surface area (Å²) in [7, 11) is 0. The van der Waals surface area contributed by atoms with Gasteiger partial charge in [0, 0.05) is 13.0 Å². The van der Waals surface area contributed by atoms with Gasteiger partial charge in [0.1, 0.15) is 0 Å². The Morgan fingerprint density at radius 3 is 2.05 bits per heavy atom. The van der Waals surface area contributed by atoms with Gasteiger partial charge in [-0.1, -0.05) is 52.4 Å². The van der Waals surface area contributed by atoms with Gasteiger partial charge in [0.25, 0.3) is 0 Å². The highest BCUT2D eigenvalue weighted by molar-refractivity contribution is 5.78. The fraction of sp³-hybridized carbons (Fsp3) is 0.875. The van der Waals surface area contributed by atoms with E-state index in [1.807, 2.05) is 6.92 Å². The lowest BCUT2D eigenvalue weighted by molar-refractivity contribution is -0.148. The first kappa shape index (κ1) is 18.9. The Hall–Kier alpha value is -1.06. The lowest BCUT2D eigenvalue weighted by Crippen LogP contribution is -2.40. The number of hydrogen-bond donors (Lipinski definition) is 2. The van der Waals surface area contributed by atoms with Gasteiger partial charge < -0.3 is 10.4 Å². The summed E-state index contributed by atoms with van der Waals surface area (Å²) in [6.07, 6.45) is 9.28. The standard InChI is InChI=1S/C16H31NO3/c1-4-6-7-8-9-10-11-12-14(18)17-13-16(3,5-2)15(19)20/h4-13H2,1-3H3,(H,17,18)(H,19,20).